The molecule has 3 heteroatoms. The van der Waals surface area contributed by atoms with Crippen molar-refractivity contribution in [2.24, 2.45) is 17.3 Å². The molecule has 0 spiro atoms. The minimum Gasteiger partial charge on any atom is -0.384 e. The van der Waals surface area contributed by atoms with Crippen LogP contribution in [0.3, 0.4) is 0 Å². The van der Waals surface area contributed by atoms with E-state index < -0.39 is 8.07 Å². The van der Waals surface area contributed by atoms with Gasteiger partial charge in [-0.3, -0.25) is 0 Å². The van der Waals surface area contributed by atoms with Crippen LogP contribution in [0, 0.1) is 17.3 Å². The van der Waals surface area contributed by atoms with Gasteiger partial charge in [-0.05, 0) is 24.7 Å². The number of benzene rings is 1. The molecule has 2 nitrogen and oxygen atoms in total. The van der Waals surface area contributed by atoms with Crippen LogP contribution in [0.25, 0.3) is 0 Å². The Morgan fingerprint density at radius 2 is 1.64 bits per heavy atom. The molecular formula is C19H32O2Si. The minimum absolute atomic E-state index is 0.231. The Labute approximate surface area is 137 Å². The van der Waals surface area contributed by atoms with Crippen molar-refractivity contribution in [1.82, 2.24) is 0 Å². The molecule has 1 aromatic carbocycles. The third-order valence-corrected chi connectivity index (χ3v) is 8.93. The number of rotatable bonds is 7. The van der Waals surface area contributed by atoms with Crippen LogP contribution in [-0.2, 0) is 9.47 Å². The fourth-order valence-electron chi connectivity index (χ4n) is 4.52. The first kappa shape index (κ1) is 17.7. The largest absolute Gasteiger partial charge is 0.384 e. The second-order valence-electron chi connectivity index (χ2n) is 7.97. The summed E-state index contributed by atoms with van der Waals surface area (Å²) in [5, 5.41) is 1.58. The molecule has 0 aliphatic heterocycles. The van der Waals surface area contributed by atoms with Crippen LogP contribution in [0.1, 0.15) is 19.8 Å². The number of hydrogen-bond acceptors (Lipinski definition) is 2. The fraction of sp³-hybridized carbons (Fsp3) is 0.684. The zero-order valence-corrected chi connectivity index (χ0v) is 15.9. The molecule has 1 saturated carbocycles. The lowest BCUT2D eigenvalue weighted by molar-refractivity contribution is 0.0110. The van der Waals surface area contributed by atoms with Crippen LogP contribution in [0.2, 0.25) is 19.1 Å². The Hall–Kier alpha value is -0.643. The van der Waals surface area contributed by atoms with E-state index in [1.165, 1.54) is 18.9 Å². The van der Waals surface area contributed by atoms with Gasteiger partial charge in [0.15, 0.2) is 0 Å². The van der Waals surface area contributed by atoms with Crippen LogP contribution in [0.5, 0.6) is 0 Å². The quantitative estimate of drug-likeness (QED) is 0.709. The average molecular weight is 321 g/mol. The van der Waals surface area contributed by atoms with Gasteiger partial charge in [0.1, 0.15) is 0 Å². The summed E-state index contributed by atoms with van der Waals surface area (Å²) >= 11 is 0. The van der Waals surface area contributed by atoms with Gasteiger partial charge in [-0.25, -0.2) is 0 Å². The van der Waals surface area contributed by atoms with Crippen LogP contribution in [0.4, 0.5) is 0 Å². The Bertz CT molecular complexity index is 452. The van der Waals surface area contributed by atoms with Crippen LogP contribution in [-0.4, -0.2) is 35.5 Å². The first-order valence-corrected chi connectivity index (χ1v) is 11.7. The van der Waals surface area contributed by atoms with E-state index in [4.69, 9.17) is 9.47 Å². The van der Waals surface area contributed by atoms with Gasteiger partial charge in [-0.1, -0.05) is 61.6 Å². The van der Waals surface area contributed by atoms with E-state index >= 15 is 0 Å². The Kier molecular flexibility index (Phi) is 5.86. The summed E-state index contributed by atoms with van der Waals surface area (Å²) in [6.07, 6.45) is 2.48. The van der Waals surface area contributed by atoms with Gasteiger partial charge in [0.2, 0.25) is 0 Å². The molecule has 0 heterocycles. The zero-order valence-electron chi connectivity index (χ0n) is 14.9. The molecule has 2 rings (SSSR count). The maximum Gasteiger partial charge on any atom is 0.0809 e. The van der Waals surface area contributed by atoms with E-state index in [0.29, 0.717) is 0 Å². The molecular weight excluding hydrogens is 288 g/mol. The molecule has 22 heavy (non-hydrogen) atoms. The highest BCUT2D eigenvalue weighted by Gasteiger charge is 2.45. The summed E-state index contributed by atoms with van der Waals surface area (Å²) in [5.74, 6) is 1.56. The third-order valence-electron chi connectivity index (χ3n) is 5.48. The Balaban J connectivity index is 2.10. The van der Waals surface area contributed by atoms with Crippen molar-refractivity contribution in [2.75, 3.05) is 27.4 Å². The third kappa shape index (κ3) is 4.00. The van der Waals surface area contributed by atoms with Gasteiger partial charge in [-0.15, -0.1) is 0 Å². The lowest BCUT2D eigenvalue weighted by atomic mass is 9.87. The summed E-state index contributed by atoms with van der Waals surface area (Å²) < 4.78 is 11.0. The molecule has 0 aromatic heterocycles. The monoisotopic (exact) mass is 320 g/mol. The van der Waals surface area contributed by atoms with Gasteiger partial charge in [0, 0.05) is 19.6 Å². The first-order valence-electron chi connectivity index (χ1n) is 8.46. The van der Waals surface area contributed by atoms with E-state index in [-0.39, 0.29) is 5.41 Å². The smallest absolute Gasteiger partial charge is 0.0809 e. The summed E-state index contributed by atoms with van der Waals surface area (Å²) in [7, 11) is 2.26. The second-order valence-corrected chi connectivity index (χ2v) is 12.7. The number of hydrogen-bond donors (Lipinski definition) is 0. The normalized spacial score (nSPS) is 24.6. The summed E-state index contributed by atoms with van der Waals surface area (Å²) in [6, 6.07) is 12.5. The van der Waals surface area contributed by atoms with Crippen molar-refractivity contribution in [3.63, 3.8) is 0 Å². The predicted octanol–water partition coefficient (Wildman–Crippen LogP) is 3.93. The van der Waals surface area contributed by atoms with E-state index in [0.717, 1.165) is 25.0 Å². The average Bonchev–Trinajstić information content (AvgIpc) is 2.76. The van der Waals surface area contributed by atoms with Gasteiger partial charge in [0.05, 0.1) is 21.3 Å². The lowest BCUT2D eigenvalue weighted by Gasteiger charge is -2.30. The standard InChI is InChI=1S/C19H32O2Si/c1-16-11-19(14-20-2,15-21-3)12-17(16)13-22(4,5)18-9-7-6-8-10-18/h6-10,16-17H,11-15H2,1-5H3/t16-,17+/m1/s1. The molecule has 1 aliphatic rings. The van der Waals surface area contributed by atoms with Crippen molar-refractivity contribution in [3.8, 4) is 0 Å². The lowest BCUT2D eigenvalue weighted by Crippen LogP contribution is -2.43. The van der Waals surface area contributed by atoms with Gasteiger partial charge in [0.25, 0.3) is 0 Å². The highest BCUT2D eigenvalue weighted by Crippen LogP contribution is 2.48. The Morgan fingerprint density at radius 1 is 1.05 bits per heavy atom. The fourth-order valence-corrected chi connectivity index (χ4v) is 7.70. The predicted molar refractivity (Wildman–Crippen MR) is 96.4 cm³/mol. The molecule has 2 atom stereocenters. The molecule has 0 saturated heterocycles. The van der Waals surface area contributed by atoms with Crippen molar-refractivity contribution >= 4 is 13.3 Å². The van der Waals surface area contributed by atoms with Crippen molar-refractivity contribution in [1.29, 1.82) is 0 Å². The van der Waals surface area contributed by atoms with E-state index in [1.54, 1.807) is 5.19 Å². The van der Waals surface area contributed by atoms with E-state index in [9.17, 15) is 0 Å². The summed E-state index contributed by atoms with van der Waals surface area (Å²) in [5.41, 5.74) is 0.231. The maximum absolute atomic E-state index is 5.52. The molecule has 1 fully saturated rings. The van der Waals surface area contributed by atoms with Crippen molar-refractivity contribution in [2.45, 2.75) is 38.9 Å². The highest BCUT2D eigenvalue weighted by atomic mass is 28.3. The molecule has 1 aliphatic carbocycles. The Morgan fingerprint density at radius 3 is 2.18 bits per heavy atom. The molecule has 0 radical (unpaired) electrons. The van der Waals surface area contributed by atoms with Gasteiger partial charge >= 0.3 is 0 Å². The van der Waals surface area contributed by atoms with Crippen molar-refractivity contribution in [3.05, 3.63) is 30.3 Å². The van der Waals surface area contributed by atoms with Gasteiger partial charge in [-0.2, -0.15) is 0 Å². The zero-order chi connectivity index (χ0) is 16.2. The van der Waals surface area contributed by atoms with E-state index in [1.807, 2.05) is 14.2 Å². The maximum atomic E-state index is 5.52. The highest BCUT2D eigenvalue weighted by molar-refractivity contribution is 6.89. The first-order chi connectivity index (χ1) is 10.4. The SMILES string of the molecule is COCC1(COC)C[C@@H](C[Si](C)(C)c2ccccc2)[C@H](C)C1. The van der Waals surface area contributed by atoms with E-state index in [2.05, 4.69) is 50.3 Å². The summed E-state index contributed by atoms with van der Waals surface area (Å²) in [4.78, 5) is 0. The van der Waals surface area contributed by atoms with Crippen LogP contribution >= 0.6 is 0 Å². The molecule has 124 valence electrons. The molecule has 0 N–H and O–H groups in total. The molecule has 0 bridgehead atoms. The topological polar surface area (TPSA) is 18.5 Å². The molecule has 1 aromatic rings. The second kappa shape index (κ2) is 7.29. The van der Waals surface area contributed by atoms with Gasteiger partial charge < -0.3 is 9.47 Å². The number of ether oxygens (including phenoxy) is 2. The van der Waals surface area contributed by atoms with Crippen molar-refractivity contribution < 1.29 is 9.47 Å². The summed E-state index contributed by atoms with van der Waals surface area (Å²) in [6.45, 7) is 9.11. The van der Waals surface area contributed by atoms with Crippen LogP contribution < -0.4 is 5.19 Å². The minimum atomic E-state index is -1.38. The molecule has 0 unspecified atom stereocenters. The molecule has 0 amide bonds. The number of methoxy groups -OCH3 is 2. The van der Waals surface area contributed by atoms with Crippen LogP contribution in [0.15, 0.2) is 30.3 Å².